The summed E-state index contributed by atoms with van der Waals surface area (Å²) in [6, 6.07) is 0.102. The third-order valence-corrected chi connectivity index (χ3v) is 4.30. The van der Waals surface area contributed by atoms with Gasteiger partial charge in [0.2, 0.25) is 5.91 Å². The van der Waals surface area contributed by atoms with Crippen molar-refractivity contribution in [2.45, 2.75) is 57.6 Å². The summed E-state index contributed by atoms with van der Waals surface area (Å²) in [5, 5.41) is 8.80. The van der Waals surface area contributed by atoms with Crippen LogP contribution >= 0.6 is 0 Å². The van der Waals surface area contributed by atoms with Crippen LogP contribution in [0.5, 0.6) is 0 Å². The molecule has 0 aromatic heterocycles. The molecular formula is C14H23NO4. The SMILES string of the molecule is CC1OCCC1C(=O)N1CCCCC1CCC(=O)O. The molecule has 19 heavy (non-hydrogen) atoms. The maximum Gasteiger partial charge on any atom is 0.303 e. The highest BCUT2D eigenvalue weighted by Gasteiger charge is 2.37. The van der Waals surface area contributed by atoms with Gasteiger partial charge >= 0.3 is 5.97 Å². The number of likely N-dealkylation sites (tertiary alicyclic amines) is 1. The highest BCUT2D eigenvalue weighted by molar-refractivity contribution is 5.80. The van der Waals surface area contributed by atoms with E-state index >= 15 is 0 Å². The van der Waals surface area contributed by atoms with E-state index in [2.05, 4.69) is 0 Å². The maximum absolute atomic E-state index is 12.6. The average Bonchev–Trinajstić information content (AvgIpc) is 2.82. The fourth-order valence-corrected chi connectivity index (χ4v) is 3.15. The first-order valence-corrected chi connectivity index (χ1v) is 7.23. The molecule has 0 aromatic rings. The van der Waals surface area contributed by atoms with E-state index in [1.807, 2.05) is 11.8 Å². The molecule has 0 aliphatic carbocycles. The first-order chi connectivity index (χ1) is 9.09. The lowest BCUT2D eigenvalue weighted by Crippen LogP contribution is -2.47. The van der Waals surface area contributed by atoms with Gasteiger partial charge in [0.1, 0.15) is 0 Å². The second kappa shape index (κ2) is 6.37. The molecule has 2 saturated heterocycles. The molecular weight excluding hydrogens is 246 g/mol. The first kappa shape index (κ1) is 14.3. The van der Waals surface area contributed by atoms with Crippen LogP contribution in [0.3, 0.4) is 0 Å². The molecule has 0 spiro atoms. The number of rotatable bonds is 4. The van der Waals surface area contributed by atoms with E-state index in [1.54, 1.807) is 0 Å². The topological polar surface area (TPSA) is 66.8 Å². The Morgan fingerprint density at radius 3 is 2.74 bits per heavy atom. The van der Waals surface area contributed by atoms with Crippen molar-refractivity contribution in [2.75, 3.05) is 13.2 Å². The zero-order valence-electron chi connectivity index (χ0n) is 11.5. The second-order valence-corrected chi connectivity index (χ2v) is 5.58. The predicted octanol–water partition coefficient (Wildman–Crippen LogP) is 1.66. The summed E-state index contributed by atoms with van der Waals surface area (Å²) in [5.74, 6) is -0.652. The number of carboxylic acids is 1. The van der Waals surface area contributed by atoms with Crippen molar-refractivity contribution >= 4 is 11.9 Å². The molecule has 0 saturated carbocycles. The minimum atomic E-state index is -0.782. The lowest BCUT2D eigenvalue weighted by Gasteiger charge is -2.37. The van der Waals surface area contributed by atoms with Crippen molar-refractivity contribution in [3.8, 4) is 0 Å². The number of aliphatic carboxylic acids is 1. The average molecular weight is 269 g/mol. The number of piperidine rings is 1. The van der Waals surface area contributed by atoms with Gasteiger partial charge in [-0.3, -0.25) is 9.59 Å². The molecule has 1 amide bonds. The van der Waals surface area contributed by atoms with E-state index in [0.29, 0.717) is 13.0 Å². The number of hydrogen-bond acceptors (Lipinski definition) is 3. The molecule has 5 heteroatoms. The van der Waals surface area contributed by atoms with Gasteiger partial charge < -0.3 is 14.7 Å². The van der Waals surface area contributed by atoms with Crippen LogP contribution < -0.4 is 0 Å². The van der Waals surface area contributed by atoms with Gasteiger partial charge in [-0.15, -0.1) is 0 Å². The van der Waals surface area contributed by atoms with E-state index in [1.165, 1.54) is 0 Å². The number of carbonyl (C=O) groups is 2. The van der Waals surface area contributed by atoms with E-state index in [4.69, 9.17) is 9.84 Å². The Morgan fingerprint density at radius 1 is 1.32 bits per heavy atom. The quantitative estimate of drug-likeness (QED) is 0.843. The summed E-state index contributed by atoms with van der Waals surface area (Å²) in [5.41, 5.74) is 0. The fraction of sp³-hybridized carbons (Fsp3) is 0.857. The van der Waals surface area contributed by atoms with E-state index in [-0.39, 0.29) is 30.4 Å². The van der Waals surface area contributed by atoms with Crippen molar-refractivity contribution in [1.29, 1.82) is 0 Å². The van der Waals surface area contributed by atoms with Crippen LogP contribution in [0.15, 0.2) is 0 Å². The van der Waals surface area contributed by atoms with Crippen LogP contribution in [0.4, 0.5) is 0 Å². The van der Waals surface area contributed by atoms with Crippen LogP contribution in [-0.2, 0) is 14.3 Å². The van der Waals surface area contributed by atoms with Gasteiger partial charge in [0, 0.05) is 25.6 Å². The van der Waals surface area contributed by atoms with Crippen molar-refractivity contribution in [1.82, 2.24) is 4.90 Å². The van der Waals surface area contributed by atoms with Crippen molar-refractivity contribution in [3.63, 3.8) is 0 Å². The van der Waals surface area contributed by atoms with Gasteiger partial charge in [-0.1, -0.05) is 0 Å². The minimum Gasteiger partial charge on any atom is -0.481 e. The Balaban J connectivity index is 1.97. The van der Waals surface area contributed by atoms with Crippen LogP contribution in [0.1, 0.15) is 45.4 Å². The molecule has 3 atom stereocenters. The smallest absolute Gasteiger partial charge is 0.303 e. The van der Waals surface area contributed by atoms with Gasteiger partial charge in [-0.2, -0.15) is 0 Å². The zero-order chi connectivity index (χ0) is 13.8. The number of carbonyl (C=O) groups excluding carboxylic acids is 1. The summed E-state index contributed by atoms with van der Waals surface area (Å²) < 4.78 is 5.47. The molecule has 3 unspecified atom stereocenters. The molecule has 2 aliphatic heterocycles. The van der Waals surface area contributed by atoms with Crippen LogP contribution in [-0.4, -0.2) is 47.2 Å². The van der Waals surface area contributed by atoms with Crippen molar-refractivity contribution in [2.24, 2.45) is 5.92 Å². The minimum absolute atomic E-state index is 0.00505. The number of amides is 1. The molecule has 2 fully saturated rings. The number of nitrogens with zero attached hydrogens (tertiary/aromatic N) is 1. The molecule has 5 nitrogen and oxygen atoms in total. The summed E-state index contributed by atoms with van der Waals surface area (Å²) in [7, 11) is 0. The Bertz CT molecular complexity index is 344. The summed E-state index contributed by atoms with van der Waals surface area (Å²) in [6.07, 6.45) is 4.55. The molecule has 2 aliphatic rings. The maximum atomic E-state index is 12.6. The zero-order valence-corrected chi connectivity index (χ0v) is 11.5. The monoisotopic (exact) mass is 269 g/mol. The molecule has 108 valence electrons. The third-order valence-electron chi connectivity index (χ3n) is 4.30. The van der Waals surface area contributed by atoms with E-state index < -0.39 is 5.97 Å². The summed E-state index contributed by atoms with van der Waals surface area (Å²) >= 11 is 0. The number of carboxylic acid groups (broad SMARTS) is 1. The Labute approximate surface area is 113 Å². The highest BCUT2D eigenvalue weighted by Crippen LogP contribution is 2.28. The van der Waals surface area contributed by atoms with E-state index in [0.717, 1.165) is 32.2 Å². The molecule has 2 rings (SSSR count). The Kier molecular flexibility index (Phi) is 4.80. The standard InChI is InChI=1S/C14H23NO4/c1-10-12(7-9-19-10)14(18)15-8-3-2-4-11(15)5-6-13(16)17/h10-12H,2-9H2,1H3,(H,16,17). The molecule has 1 N–H and O–H groups in total. The highest BCUT2D eigenvalue weighted by atomic mass is 16.5. The Morgan fingerprint density at radius 2 is 2.11 bits per heavy atom. The summed E-state index contributed by atoms with van der Waals surface area (Å²) in [6.45, 7) is 3.38. The largest absolute Gasteiger partial charge is 0.481 e. The molecule has 0 bridgehead atoms. The van der Waals surface area contributed by atoms with Gasteiger partial charge in [-0.05, 0) is 39.0 Å². The lowest BCUT2D eigenvalue weighted by molar-refractivity contribution is -0.143. The number of hydrogen-bond donors (Lipinski definition) is 1. The van der Waals surface area contributed by atoms with Gasteiger partial charge in [-0.25, -0.2) is 0 Å². The number of ether oxygens (including phenoxy) is 1. The predicted molar refractivity (Wildman–Crippen MR) is 69.7 cm³/mol. The van der Waals surface area contributed by atoms with Gasteiger partial charge in [0.25, 0.3) is 0 Å². The lowest BCUT2D eigenvalue weighted by atomic mass is 9.93. The first-order valence-electron chi connectivity index (χ1n) is 7.23. The van der Waals surface area contributed by atoms with Gasteiger partial charge in [0.05, 0.1) is 12.0 Å². The van der Waals surface area contributed by atoms with Crippen LogP contribution in [0.2, 0.25) is 0 Å². The Hall–Kier alpha value is -1.10. The third kappa shape index (κ3) is 3.47. The fourth-order valence-electron chi connectivity index (χ4n) is 3.15. The molecule has 0 radical (unpaired) electrons. The van der Waals surface area contributed by atoms with Crippen LogP contribution in [0, 0.1) is 5.92 Å². The van der Waals surface area contributed by atoms with Crippen LogP contribution in [0.25, 0.3) is 0 Å². The van der Waals surface area contributed by atoms with Crippen molar-refractivity contribution in [3.05, 3.63) is 0 Å². The molecule has 2 heterocycles. The van der Waals surface area contributed by atoms with E-state index in [9.17, 15) is 9.59 Å². The second-order valence-electron chi connectivity index (χ2n) is 5.58. The normalized spacial score (nSPS) is 31.4. The summed E-state index contributed by atoms with van der Waals surface area (Å²) in [4.78, 5) is 25.2. The molecule has 0 aromatic carbocycles. The van der Waals surface area contributed by atoms with Crippen molar-refractivity contribution < 1.29 is 19.4 Å². The van der Waals surface area contributed by atoms with Gasteiger partial charge in [0.15, 0.2) is 0 Å².